The molecule has 3 N–H and O–H groups in total. The number of nitrogens with two attached hydrogens (primary N) is 1. The van der Waals surface area contributed by atoms with E-state index in [4.69, 9.17) is 10.5 Å². The summed E-state index contributed by atoms with van der Waals surface area (Å²) in [5.74, 6) is -1.99. The lowest BCUT2D eigenvalue weighted by molar-refractivity contribution is -0.137. The summed E-state index contributed by atoms with van der Waals surface area (Å²) in [5, 5.41) is 3.74. The fourth-order valence-corrected chi connectivity index (χ4v) is 2.45. The van der Waals surface area contributed by atoms with Crippen LogP contribution in [0.1, 0.15) is 29.8 Å². The Hall–Kier alpha value is -2.15. The van der Waals surface area contributed by atoms with Crippen LogP contribution in [0.4, 0.5) is 0 Å². The Morgan fingerprint density at radius 2 is 2.33 bits per heavy atom. The minimum Gasteiger partial charge on any atom is -0.376 e. The third kappa shape index (κ3) is 3.69. The van der Waals surface area contributed by atoms with E-state index in [1.54, 1.807) is 0 Å². The summed E-state index contributed by atoms with van der Waals surface area (Å²) < 4.78 is 7.83. The number of carbonyl (C=O) groups excluding carboxylic acids is 2. The zero-order valence-corrected chi connectivity index (χ0v) is 12.3. The zero-order valence-electron chi connectivity index (χ0n) is 12.3. The van der Waals surface area contributed by atoms with Crippen LogP contribution in [-0.2, 0) is 20.9 Å². The lowest BCUT2D eigenvalue weighted by Crippen LogP contribution is -2.32. The molecule has 7 heteroatoms. The number of aryl methyl sites for hydroxylation is 1. The molecule has 0 unspecified atom stereocenters. The summed E-state index contributed by atoms with van der Waals surface area (Å²) >= 11 is 0. The minimum atomic E-state index is -1.06. The number of amides is 2. The van der Waals surface area contributed by atoms with Crippen molar-refractivity contribution >= 4 is 18.0 Å². The van der Waals surface area contributed by atoms with E-state index in [0.29, 0.717) is 0 Å². The number of carbonyl (C=O) groups is 2. The van der Waals surface area contributed by atoms with Gasteiger partial charge in [-0.05, 0) is 32.8 Å². The number of primary amides is 1. The van der Waals surface area contributed by atoms with Crippen molar-refractivity contribution in [3.63, 3.8) is 0 Å². The first kappa shape index (κ1) is 15.2. The van der Waals surface area contributed by atoms with Crippen LogP contribution < -0.4 is 11.2 Å². The Morgan fingerprint density at radius 1 is 1.57 bits per heavy atom. The first-order chi connectivity index (χ1) is 9.99. The van der Waals surface area contributed by atoms with E-state index < -0.39 is 11.8 Å². The van der Waals surface area contributed by atoms with Gasteiger partial charge >= 0.3 is 11.8 Å². The second kappa shape index (κ2) is 6.53. The molecule has 2 amide bonds. The SMILES string of the molecule is Cc1cc(/C=N\NC(=O)C(N)=O)c(C)n1C[C@H]1CCCO1. The molecule has 0 bridgehead atoms. The van der Waals surface area contributed by atoms with Crippen molar-refractivity contribution in [3.8, 4) is 0 Å². The number of hydrogen-bond donors (Lipinski definition) is 2. The standard InChI is InChI=1S/C14H20N4O3/c1-9-6-11(7-16-17-14(20)13(15)19)10(2)18(9)8-12-4-3-5-21-12/h6-7,12H,3-5,8H2,1-2H3,(H2,15,19)(H,17,20)/b16-7-/t12-/m1/s1. The van der Waals surface area contributed by atoms with E-state index in [-0.39, 0.29) is 6.10 Å². The Labute approximate surface area is 123 Å². The van der Waals surface area contributed by atoms with Gasteiger partial charge in [0.15, 0.2) is 0 Å². The molecule has 1 atom stereocenters. The number of aromatic nitrogens is 1. The van der Waals surface area contributed by atoms with E-state index in [2.05, 4.69) is 15.1 Å². The maximum absolute atomic E-state index is 11.0. The Morgan fingerprint density at radius 3 is 2.95 bits per heavy atom. The summed E-state index contributed by atoms with van der Waals surface area (Å²) in [4.78, 5) is 21.6. The van der Waals surface area contributed by atoms with Crippen LogP contribution in [0, 0.1) is 13.8 Å². The molecular formula is C14H20N4O3. The molecule has 1 fully saturated rings. The van der Waals surface area contributed by atoms with Crippen molar-refractivity contribution in [2.45, 2.75) is 39.3 Å². The molecule has 0 radical (unpaired) electrons. The zero-order chi connectivity index (χ0) is 15.4. The third-order valence-corrected chi connectivity index (χ3v) is 3.62. The van der Waals surface area contributed by atoms with Gasteiger partial charge in [-0.2, -0.15) is 5.10 Å². The van der Waals surface area contributed by atoms with Gasteiger partial charge in [0.25, 0.3) is 0 Å². The summed E-state index contributed by atoms with van der Waals surface area (Å²) in [6.45, 7) is 5.65. The largest absolute Gasteiger partial charge is 0.376 e. The molecule has 0 aromatic carbocycles. The first-order valence-electron chi connectivity index (χ1n) is 6.90. The van der Waals surface area contributed by atoms with Gasteiger partial charge in [0.05, 0.1) is 12.3 Å². The molecule has 0 saturated carbocycles. The number of hydrazone groups is 1. The average molecular weight is 292 g/mol. The molecule has 1 saturated heterocycles. The molecule has 0 spiro atoms. The minimum absolute atomic E-state index is 0.258. The topological polar surface area (TPSA) is 98.7 Å². The molecule has 7 nitrogen and oxygen atoms in total. The van der Waals surface area contributed by atoms with E-state index in [1.807, 2.05) is 19.9 Å². The highest BCUT2D eigenvalue weighted by Gasteiger charge is 2.18. The van der Waals surface area contributed by atoms with Crippen molar-refractivity contribution in [1.82, 2.24) is 9.99 Å². The maximum Gasteiger partial charge on any atom is 0.329 e. The molecule has 1 aliphatic rings. The number of nitrogens with one attached hydrogen (secondary N) is 1. The van der Waals surface area contributed by atoms with Gasteiger partial charge in [-0.3, -0.25) is 9.59 Å². The van der Waals surface area contributed by atoms with Crippen molar-refractivity contribution in [2.24, 2.45) is 10.8 Å². The molecule has 1 aromatic heterocycles. The molecule has 2 heterocycles. The number of hydrogen-bond acceptors (Lipinski definition) is 4. The molecule has 1 aromatic rings. The Bertz CT molecular complexity index is 571. The van der Waals surface area contributed by atoms with Crippen LogP contribution in [0.2, 0.25) is 0 Å². The van der Waals surface area contributed by atoms with Gasteiger partial charge in [-0.1, -0.05) is 0 Å². The quantitative estimate of drug-likeness (QED) is 0.472. The molecule has 0 aliphatic carbocycles. The van der Waals surface area contributed by atoms with Gasteiger partial charge in [0.2, 0.25) is 0 Å². The van der Waals surface area contributed by atoms with Crippen molar-refractivity contribution in [2.75, 3.05) is 6.61 Å². The fourth-order valence-electron chi connectivity index (χ4n) is 2.45. The summed E-state index contributed by atoms with van der Waals surface area (Å²) in [7, 11) is 0. The summed E-state index contributed by atoms with van der Waals surface area (Å²) in [6.07, 6.45) is 3.95. The van der Waals surface area contributed by atoms with E-state index in [1.165, 1.54) is 6.21 Å². The maximum atomic E-state index is 11.0. The fraction of sp³-hybridized carbons (Fsp3) is 0.500. The highest BCUT2D eigenvalue weighted by molar-refractivity contribution is 6.34. The smallest absolute Gasteiger partial charge is 0.329 e. The van der Waals surface area contributed by atoms with Crippen LogP contribution in [0.15, 0.2) is 11.2 Å². The molecule has 1 aliphatic heterocycles. The predicted octanol–water partition coefficient (Wildman–Crippen LogP) is 0.219. The van der Waals surface area contributed by atoms with Gasteiger partial charge in [-0.15, -0.1) is 0 Å². The molecule has 114 valence electrons. The van der Waals surface area contributed by atoms with E-state index in [0.717, 1.165) is 42.9 Å². The predicted molar refractivity (Wildman–Crippen MR) is 77.8 cm³/mol. The second-order valence-corrected chi connectivity index (χ2v) is 5.14. The van der Waals surface area contributed by atoms with Gasteiger partial charge < -0.3 is 15.0 Å². The van der Waals surface area contributed by atoms with Crippen LogP contribution >= 0.6 is 0 Å². The van der Waals surface area contributed by atoms with Crippen LogP contribution in [0.25, 0.3) is 0 Å². The van der Waals surface area contributed by atoms with Crippen molar-refractivity contribution in [1.29, 1.82) is 0 Å². The summed E-state index contributed by atoms with van der Waals surface area (Å²) in [5.41, 5.74) is 9.93. The number of ether oxygens (including phenoxy) is 1. The van der Waals surface area contributed by atoms with Crippen LogP contribution in [-0.4, -0.2) is 35.3 Å². The van der Waals surface area contributed by atoms with E-state index in [9.17, 15) is 9.59 Å². The normalized spacial score (nSPS) is 18.3. The van der Waals surface area contributed by atoms with Crippen LogP contribution in [0.3, 0.4) is 0 Å². The molecule has 2 rings (SSSR count). The monoisotopic (exact) mass is 292 g/mol. The Kier molecular flexibility index (Phi) is 4.74. The summed E-state index contributed by atoms with van der Waals surface area (Å²) in [6, 6.07) is 1.98. The number of nitrogens with zero attached hydrogens (tertiary/aromatic N) is 2. The Balaban J connectivity index is 2.05. The lowest BCUT2D eigenvalue weighted by atomic mass is 10.2. The number of rotatable bonds is 4. The van der Waals surface area contributed by atoms with Crippen molar-refractivity contribution in [3.05, 3.63) is 23.0 Å². The third-order valence-electron chi connectivity index (χ3n) is 3.62. The van der Waals surface area contributed by atoms with E-state index >= 15 is 0 Å². The molecular weight excluding hydrogens is 272 g/mol. The van der Waals surface area contributed by atoms with Gasteiger partial charge in [0, 0.05) is 30.1 Å². The first-order valence-corrected chi connectivity index (χ1v) is 6.90. The molecule has 21 heavy (non-hydrogen) atoms. The van der Waals surface area contributed by atoms with Gasteiger partial charge in [-0.25, -0.2) is 5.43 Å². The average Bonchev–Trinajstić information content (AvgIpc) is 3.03. The lowest BCUT2D eigenvalue weighted by Gasteiger charge is -2.14. The van der Waals surface area contributed by atoms with Gasteiger partial charge in [0.1, 0.15) is 0 Å². The highest BCUT2D eigenvalue weighted by atomic mass is 16.5. The second-order valence-electron chi connectivity index (χ2n) is 5.14. The van der Waals surface area contributed by atoms with Crippen molar-refractivity contribution < 1.29 is 14.3 Å². The highest BCUT2D eigenvalue weighted by Crippen LogP contribution is 2.19. The van der Waals surface area contributed by atoms with Crippen LogP contribution in [0.5, 0.6) is 0 Å².